The Morgan fingerprint density at radius 3 is 2.29 bits per heavy atom. The Kier molecular flexibility index (Phi) is 9.76. The number of piperazine rings is 1. The molecule has 2 N–H and O–H groups in total. The third-order valence-corrected chi connectivity index (χ3v) is 7.97. The molecule has 3 heterocycles. The minimum absolute atomic E-state index is 0.0518. The van der Waals surface area contributed by atoms with Crippen LogP contribution in [-0.2, 0) is 16.7 Å². The summed E-state index contributed by atoms with van der Waals surface area (Å²) in [7, 11) is 0. The SMILES string of the molecule is O=C(N[C@@H](CSCc1ccccc1)C(=O)O)c1cc(N2CCN(c3nccc(C(F)(F)F)n3)CC2)nc(-c2ccc(F)cc2)n1. The lowest BCUT2D eigenvalue weighted by atomic mass is 10.2. The normalized spacial score (nSPS) is 14.2. The summed E-state index contributed by atoms with van der Waals surface area (Å²) < 4.78 is 53.1. The number of nitrogens with zero attached hydrogens (tertiary/aromatic N) is 6. The fraction of sp³-hybridized carbons (Fsp3) is 0.267. The van der Waals surface area contributed by atoms with E-state index in [2.05, 4.69) is 25.3 Å². The minimum Gasteiger partial charge on any atom is -0.480 e. The first-order valence-electron chi connectivity index (χ1n) is 13.8. The Bertz CT molecular complexity index is 1640. The van der Waals surface area contributed by atoms with E-state index in [9.17, 15) is 32.3 Å². The summed E-state index contributed by atoms with van der Waals surface area (Å²) in [6.45, 7) is 1.12. The first-order valence-corrected chi connectivity index (χ1v) is 14.9. The van der Waals surface area contributed by atoms with Crippen LogP contribution in [0.15, 0.2) is 72.9 Å². The van der Waals surface area contributed by atoms with Crippen LogP contribution in [0, 0.1) is 5.82 Å². The predicted octanol–water partition coefficient (Wildman–Crippen LogP) is 4.53. The standard InChI is InChI=1S/C30H27F4N7O3S/c31-21-8-6-20(7-9-21)26-36-22(27(42)37-23(28(43)44)18-45-17-19-4-2-1-3-5-19)16-25(39-26)40-12-14-41(15-13-40)29-35-11-10-24(38-29)30(32,33)34/h1-11,16,23H,12-15,17-18H2,(H,37,42)(H,43,44)/t23-/m0/s1. The molecule has 2 aromatic carbocycles. The third-order valence-electron chi connectivity index (χ3n) is 6.87. The number of amides is 1. The van der Waals surface area contributed by atoms with E-state index in [0.29, 0.717) is 30.2 Å². The van der Waals surface area contributed by atoms with Crippen LogP contribution in [0.4, 0.5) is 29.3 Å². The lowest BCUT2D eigenvalue weighted by Crippen LogP contribution is -2.47. The number of carboxylic acids is 1. The molecule has 10 nitrogen and oxygen atoms in total. The van der Waals surface area contributed by atoms with Gasteiger partial charge in [-0.3, -0.25) is 4.79 Å². The molecule has 1 atom stereocenters. The van der Waals surface area contributed by atoms with Crippen molar-refractivity contribution in [3.05, 3.63) is 95.7 Å². The molecule has 45 heavy (non-hydrogen) atoms. The number of carbonyl (C=O) groups is 2. The van der Waals surface area contributed by atoms with Gasteiger partial charge in [0, 0.05) is 55.5 Å². The molecule has 15 heteroatoms. The van der Waals surface area contributed by atoms with Crippen molar-refractivity contribution in [3.8, 4) is 11.4 Å². The Morgan fingerprint density at radius 1 is 0.933 bits per heavy atom. The topological polar surface area (TPSA) is 124 Å². The van der Waals surface area contributed by atoms with Gasteiger partial charge in [0.05, 0.1) is 0 Å². The van der Waals surface area contributed by atoms with Gasteiger partial charge in [-0.2, -0.15) is 24.9 Å². The summed E-state index contributed by atoms with van der Waals surface area (Å²) in [5, 5.41) is 12.3. The van der Waals surface area contributed by atoms with Crippen LogP contribution in [-0.4, -0.2) is 74.9 Å². The molecule has 1 saturated heterocycles. The quantitative estimate of drug-likeness (QED) is 0.239. The first kappa shape index (κ1) is 31.6. The van der Waals surface area contributed by atoms with Gasteiger partial charge in [-0.25, -0.2) is 29.1 Å². The number of alkyl halides is 3. The molecule has 0 radical (unpaired) electrons. The summed E-state index contributed by atoms with van der Waals surface area (Å²) >= 11 is 1.36. The molecule has 2 aromatic heterocycles. The van der Waals surface area contributed by atoms with Crippen LogP contribution in [0.3, 0.4) is 0 Å². The molecular weight excluding hydrogens is 614 g/mol. The van der Waals surface area contributed by atoms with E-state index in [0.717, 1.165) is 17.8 Å². The average molecular weight is 642 g/mol. The Labute approximate surface area is 259 Å². The number of carboxylic acid groups (broad SMARTS) is 1. The van der Waals surface area contributed by atoms with E-state index < -0.39 is 35.6 Å². The Hall–Kier alpha value is -4.79. The zero-order valence-electron chi connectivity index (χ0n) is 23.6. The number of aromatic nitrogens is 4. The van der Waals surface area contributed by atoms with Crippen molar-refractivity contribution in [1.29, 1.82) is 0 Å². The van der Waals surface area contributed by atoms with Gasteiger partial charge in [-0.05, 0) is 35.9 Å². The zero-order valence-corrected chi connectivity index (χ0v) is 24.4. The molecule has 0 unspecified atom stereocenters. The van der Waals surface area contributed by atoms with Crippen LogP contribution in [0.25, 0.3) is 11.4 Å². The molecule has 234 valence electrons. The largest absolute Gasteiger partial charge is 0.480 e. The second-order valence-corrected chi connectivity index (χ2v) is 11.1. The molecule has 5 rings (SSSR count). The number of halogens is 4. The first-order chi connectivity index (χ1) is 21.6. The lowest BCUT2D eigenvalue weighted by Gasteiger charge is -2.35. The fourth-order valence-corrected chi connectivity index (χ4v) is 5.52. The van der Waals surface area contributed by atoms with Gasteiger partial charge in [0.1, 0.15) is 29.1 Å². The highest BCUT2D eigenvalue weighted by Crippen LogP contribution is 2.29. The van der Waals surface area contributed by atoms with Crippen molar-refractivity contribution in [1.82, 2.24) is 25.3 Å². The Balaban J connectivity index is 1.34. The minimum atomic E-state index is -4.60. The van der Waals surface area contributed by atoms with E-state index in [1.54, 1.807) is 4.90 Å². The number of anilines is 2. The summed E-state index contributed by atoms with van der Waals surface area (Å²) in [5.41, 5.74) is 0.310. The number of rotatable bonds is 10. The molecule has 0 saturated carbocycles. The van der Waals surface area contributed by atoms with Crippen LogP contribution >= 0.6 is 11.8 Å². The number of thioether (sulfide) groups is 1. The number of carbonyl (C=O) groups excluding carboxylic acids is 1. The van der Waals surface area contributed by atoms with Crippen molar-refractivity contribution in [2.24, 2.45) is 0 Å². The van der Waals surface area contributed by atoms with Crippen LogP contribution in [0.5, 0.6) is 0 Å². The highest BCUT2D eigenvalue weighted by atomic mass is 32.2. The second-order valence-electron chi connectivity index (χ2n) is 10.0. The maximum atomic E-state index is 13.6. The number of nitrogens with one attached hydrogen (secondary N) is 1. The van der Waals surface area contributed by atoms with Crippen LogP contribution < -0.4 is 15.1 Å². The summed E-state index contributed by atoms with van der Waals surface area (Å²) in [6.07, 6.45) is -3.54. The molecule has 1 aliphatic rings. The molecule has 0 spiro atoms. The van der Waals surface area contributed by atoms with Gasteiger partial charge < -0.3 is 20.2 Å². The van der Waals surface area contributed by atoms with Crippen molar-refractivity contribution in [2.45, 2.75) is 18.0 Å². The van der Waals surface area contributed by atoms with Crippen molar-refractivity contribution >= 4 is 35.4 Å². The van der Waals surface area contributed by atoms with Gasteiger partial charge in [0.2, 0.25) is 5.95 Å². The summed E-state index contributed by atoms with van der Waals surface area (Å²) in [5.74, 6) is -1.34. The van der Waals surface area contributed by atoms with Gasteiger partial charge in [0.25, 0.3) is 5.91 Å². The summed E-state index contributed by atoms with van der Waals surface area (Å²) in [6, 6.07) is 15.9. The lowest BCUT2D eigenvalue weighted by molar-refractivity contribution is -0.141. The monoisotopic (exact) mass is 641 g/mol. The smallest absolute Gasteiger partial charge is 0.433 e. The molecule has 0 bridgehead atoms. The van der Waals surface area contributed by atoms with Crippen molar-refractivity contribution in [3.63, 3.8) is 0 Å². The Morgan fingerprint density at radius 2 is 1.62 bits per heavy atom. The maximum absolute atomic E-state index is 13.6. The van der Waals surface area contributed by atoms with Crippen LogP contribution in [0.2, 0.25) is 0 Å². The maximum Gasteiger partial charge on any atom is 0.433 e. The van der Waals surface area contributed by atoms with Gasteiger partial charge in [-0.15, -0.1) is 0 Å². The molecule has 1 amide bonds. The highest BCUT2D eigenvalue weighted by molar-refractivity contribution is 7.98. The molecule has 0 aliphatic carbocycles. The van der Waals surface area contributed by atoms with Crippen molar-refractivity contribution < 1.29 is 32.3 Å². The van der Waals surface area contributed by atoms with E-state index >= 15 is 0 Å². The predicted molar refractivity (Wildman–Crippen MR) is 160 cm³/mol. The highest BCUT2D eigenvalue weighted by Gasteiger charge is 2.34. The second kappa shape index (κ2) is 13.9. The van der Waals surface area contributed by atoms with E-state index in [-0.39, 0.29) is 36.3 Å². The summed E-state index contributed by atoms with van der Waals surface area (Å²) in [4.78, 5) is 45.3. The van der Waals surface area contributed by atoms with E-state index in [4.69, 9.17) is 0 Å². The van der Waals surface area contributed by atoms with E-state index in [1.165, 1.54) is 42.1 Å². The van der Waals surface area contributed by atoms with Gasteiger partial charge in [0.15, 0.2) is 5.82 Å². The fourth-order valence-electron chi connectivity index (χ4n) is 4.51. The average Bonchev–Trinajstić information content (AvgIpc) is 3.04. The van der Waals surface area contributed by atoms with Gasteiger partial charge >= 0.3 is 12.1 Å². The number of benzene rings is 2. The number of hydrogen-bond acceptors (Lipinski definition) is 9. The van der Waals surface area contributed by atoms with E-state index in [1.807, 2.05) is 35.2 Å². The number of aliphatic carboxylic acids is 1. The van der Waals surface area contributed by atoms with Gasteiger partial charge in [-0.1, -0.05) is 30.3 Å². The van der Waals surface area contributed by atoms with Crippen molar-refractivity contribution in [2.75, 3.05) is 41.7 Å². The zero-order chi connectivity index (χ0) is 32.0. The molecule has 4 aromatic rings. The molecule has 1 aliphatic heterocycles. The van der Waals surface area contributed by atoms with Crippen LogP contribution in [0.1, 0.15) is 21.7 Å². The number of hydrogen-bond donors (Lipinski definition) is 2. The molecule has 1 fully saturated rings. The third kappa shape index (κ3) is 8.23. The molecular formula is C30H27F4N7O3S.